The molecule has 2 heteroatoms. The van der Waals surface area contributed by atoms with Crippen LogP contribution in [0.1, 0.15) is 47.0 Å². The standard InChI is InChI=1S/C15H24O2/c1-10(13(16)17-5)8-12-9-11-6-7-15(12,4)14(11,2)3/h8,11-12H,6-7,9H2,1-5H3/b10-8+. The number of carbonyl (C=O) groups is 1. The van der Waals surface area contributed by atoms with Crippen LogP contribution in [-0.2, 0) is 9.53 Å². The van der Waals surface area contributed by atoms with Gasteiger partial charge >= 0.3 is 5.97 Å². The highest BCUT2D eigenvalue weighted by atomic mass is 16.5. The van der Waals surface area contributed by atoms with E-state index >= 15 is 0 Å². The van der Waals surface area contributed by atoms with Gasteiger partial charge in [-0.3, -0.25) is 0 Å². The molecule has 3 unspecified atom stereocenters. The van der Waals surface area contributed by atoms with Crippen LogP contribution < -0.4 is 0 Å². The molecule has 0 spiro atoms. The Bertz CT molecular complexity index is 367. The van der Waals surface area contributed by atoms with Crippen LogP contribution in [0.15, 0.2) is 11.6 Å². The molecule has 2 rings (SSSR count). The third-order valence-corrected chi connectivity index (χ3v) is 5.82. The molecule has 2 aliphatic carbocycles. The molecule has 0 amide bonds. The summed E-state index contributed by atoms with van der Waals surface area (Å²) in [5.74, 6) is 1.17. The monoisotopic (exact) mass is 236 g/mol. The van der Waals surface area contributed by atoms with E-state index in [1.165, 1.54) is 26.4 Å². The van der Waals surface area contributed by atoms with Gasteiger partial charge in [-0.25, -0.2) is 4.79 Å². The highest BCUT2D eigenvalue weighted by Crippen LogP contribution is 2.68. The zero-order valence-corrected chi connectivity index (χ0v) is 11.7. The fourth-order valence-corrected chi connectivity index (χ4v) is 4.05. The first-order chi connectivity index (χ1) is 7.83. The lowest BCUT2D eigenvalue weighted by atomic mass is 9.66. The number of methoxy groups -OCH3 is 1. The molecule has 0 N–H and O–H groups in total. The molecule has 96 valence electrons. The molecule has 0 aliphatic heterocycles. The Morgan fingerprint density at radius 2 is 2.00 bits per heavy atom. The van der Waals surface area contributed by atoms with Gasteiger partial charge in [0, 0.05) is 5.57 Å². The number of allylic oxidation sites excluding steroid dienone is 1. The van der Waals surface area contributed by atoms with Crippen LogP contribution in [0.5, 0.6) is 0 Å². The molecule has 0 aromatic rings. The lowest BCUT2D eigenvalue weighted by Gasteiger charge is -2.38. The minimum atomic E-state index is -0.186. The summed E-state index contributed by atoms with van der Waals surface area (Å²) in [4.78, 5) is 11.5. The molecular formula is C15H24O2. The topological polar surface area (TPSA) is 26.3 Å². The van der Waals surface area contributed by atoms with E-state index in [4.69, 9.17) is 4.74 Å². The second kappa shape index (κ2) is 3.86. The second-order valence-electron chi connectivity index (χ2n) is 6.56. The van der Waals surface area contributed by atoms with Crippen molar-refractivity contribution in [1.29, 1.82) is 0 Å². The lowest BCUT2D eigenvalue weighted by molar-refractivity contribution is -0.136. The van der Waals surface area contributed by atoms with Crippen molar-refractivity contribution < 1.29 is 9.53 Å². The van der Waals surface area contributed by atoms with Gasteiger partial charge in [0.2, 0.25) is 0 Å². The van der Waals surface area contributed by atoms with Crippen molar-refractivity contribution >= 4 is 5.97 Å². The number of carbonyl (C=O) groups excluding carboxylic acids is 1. The molecule has 0 saturated heterocycles. The summed E-state index contributed by atoms with van der Waals surface area (Å²) < 4.78 is 4.78. The van der Waals surface area contributed by atoms with Crippen molar-refractivity contribution in [2.24, 2.45) is 22.7 Å². The number of hydrogen-bond donors (Lipinski definition) is 0. The zero-order chi connectivity index (χ0) is 12.8. The lowest BCUT2D eigenvalue weighted by Crippen LogP contribution is -2.31. The average Bonchev–Trinajstić information content (AvgIpc) is 2.60. The zero-order valence-electron chi connectivity index (χ0n) is 11.7. The first-order valence-electron chi connectivity index (χ1n) is 6.59. The molecular weight excluding hydrogens is 212 g/mol. The Morgan fingerprint density at radius 3 is 2.41 bits per heavy atom. The third-order valence-electron chi connectivity index (χ3n) is 5.82. The highest BCUT2D eigenvalue weighted by molar-refractivity contribution is 5.87. The van der Waals surface area contributed by atoms with Crippen molar-refractivity contribution in [3.05, 3.63) is 11.6 Å². The predicted molar refractivity (Wildman–Crippen MR) is 68.5 cm³/mol. The summed E-state index contributed by atoms with van der Waals surface area (Å²) >= 11 is 0. The smallest absolute Gasteiger partial charge is 0.333 e. The van der Waals surface area contributed by atoms with Crippen molar-refractivity contribution in [2.45, 2.75) is 47.0 Å². The van der Waals surface area contributed by atoms with Gasteiger partial charge in [-0.05, 0) is 48.9 Å². The first-order valence-corrected chi connectivity index (χ1v) is 6.59. The molecule has 2 aliphatic rings. The van der Waals surface area contributed by atoms with Crippen LogP contribution in [0.4, 0.5) is 0 Å². The molecule has 0 aromatic carbocycles. The van der Waals surface area contributed by atoms with Crippen LogP contribution in [0.25, 0.3) is 0 Å². The molecule has 2 nitrogen and oxygen atoms in total. The maximum atomic E-state index is 11.5. The molecule has 0 heterocycles. The van der Waals surface area contributed by atoms with E-state index in [2.05, 4.69) is 26.8 Å². The number of fused-ring (bicyclic) bond motifs is 2. The van der Waals surface area contributed by atoms with E-state index in [0.29, 0.717) is 16.7 Å². The third kappa shape index (κ3) is 1.64. The molecule has 2 bridgehead atoms. The summed E-state index contributed by atoms with van der Waals surface area (Å²) in [7, 11) is 1.45. The molecule has 0 aromatic heterocycles. The number of rotatable bonds is 2. The molecule has 17 heavy (non-hydrogen) atoms. The Labute approximate surface area is 104 Å². The van der Waals surface area contributed by atoms with Crippen molar-refractivity contribution in [1.82, 2.24) is 0 Å². The van der Waals surface area contributed by atoms with Crippen molar-refractivity contribution in [3.8, 4) is 0 Å². The maximum absolute atomic E-state index is 11.5. The molecule has 2 saturated carbocycles. The van der Waals surface area contributed by atoms with E-state index in [-0.39, 0.29) is 5.97 Å². The molecule has 0 radical (unpaired) electrons. The Kier molecular flexibility index (Phi) is 2.87. The van der Waals surface area contributed by atoms with Crippen LogP contribution in [-0.4, -0.2) is 13.1 Å². The number of ether oxygens (including phenoxy) is 1. The van der Waals surface area contributed by atoms with Crippen LogP contribution in [0.3, 0.4) is 0 Å². The summed E-state index contributed by atoms with van der Waals surface area (Å²) in [5.41, 5.74) is 1.53. The van der Waals surface area contributed by atoms with E-state index in [9.17, 15) is 4.79 Å². The predicted octanol–water partition coefficient (Wildman–Crippen LogP) is 3.57. The molecule has 2 fully saturated rings. The van der Waals surface area contributed by atoms with Gasteiger partial charge in [-0.2, -0.15) is 0 Å². The van der Waals surface area contributed by atoms with E-state index in [1.54, 1.807) is 0 Å². The quantitative estimate of drug-likeness (QED) is 0.541. The second-order valence-corrected chi connectivity index (χ2v) is 6.56. The van der Waals surface area contributed by atoms with Gasteiger partial charge in [0.25, 0.3) is 0 Å². The largest absolute Gasteiger partial charge is 0.466 e. The van der Waals surface area contributed by atoms with Gasteiger partial charge in [-0.1, -0.05) is 26.8 Å². The summed E-state index contributed by atoms with van der Waals surface area (Å²) in [6.45, 7) is 9.05. The van der Waals surface area contributed by atoms with Gasteiger partial charge in [0.05, 0.1) is 7.11 Å². The maximum Gasteiger partial charge on any atom is 0.333 e. The number of esters is 1. The minimum absolute atomic E-state index is 0.186. The Morgan fingerprint density at radius 1 is 1.35 bits per heavy atom. The van der Waals surface area contributed by atoms with Gasteiger partial charge in [0.15, 0.2) is 0 Å². The van der Waals surface area contributed by atoms with Gasteiger partial charge < -0.3 is 4.74 Å². The Hall–Kier alpha value is -0.790. The minimum Gasteiger partial charge on any atom is -0.466 e. The van der Waals surface area contributed by atoms with E-state index < -0.39 is 0 Å². The summed E-state index contributed by atoms with van der Waals surface area (Å²) in [6, 6.07) is 0. The fraction of sp³-hybridized carbons (Fsp3) is 0.800. The normalized spacial score (nSPS) is 39.5. The van der Waals surface area contributed by atoms with E-state index in [0.717, 1.165) is 11.5 Å². The first kappa shape index (κ1) is 12.7. The van der Waals surface area contributed by atoms with Gasteiger partial charge in [0.1, 0.15) is 0 Å². The summed E-state index contributed by atoms with van der Waals surface area (Å²) in [5, 5.41) is 0. The number of hydrogen-bond acceptors (Lipinski definition) is 2. The summed E-state index contributed by atoms with van der Waals surface area (Å²) in [6.07, 6.45) is 6.04. The van der Waals surface area contributed by atoms with Crippen LogP contribution in [0.2, 0.25) is 0 Å². The molecule has 3 atom stereocenters. The van der Waals surface area contributed by atoms with Crippen molar-refractivity contribution in [2.75, 3.05) is 7.11 Å². The van der Waals surface area contributed by atoms with Crippen molar-refractivity contribution in [3.63, 3.8) is 0 Å². The van der Waals surface area contributed by atoms with Crippen LogP contribution >= 0.6 is 0 Å². The van der Waals surface area contributed by atoms with Gasteiger partial charge in [-0.15, -0.1) is 0 Å². The van der Waals surface area contributed by atoms with E-state index in [1.807, 2.05) is 6.92 Å². The van der Waals surface area contributed by atoms with Crippen LogP contribution in [0, 0.1) is 22.7 Å². The highest BCUT2D eigenvalue weighted by Gasteiger charge is 2.60. The SMILES string of the molecule is COC(=O)/C(C)=C/C1CC2CCC1(C)C2(C)C. The fourth-order valence-electron chi connectivity index (χ4n) is 4.05. The Balaban J connectivity index is 2.24. The average molecular weight is 236 g/mol.